The average molecular weight is 447 g/mol. The molecule has 0 atom stereocenters. The number of hydrogen-bond acceptors (Lipinski definition) is 2. The van der Waals surface area contributed by atoms with Crippen LogP contribution in [0.15, 0.2) is 97.1 Å². The fourth-order valence-electron chi connectivity index (χ4n) is 4.34. The fraction of sp³-hybridized carbons (Fsp3) is 0.200. The number of benzene rings is 4. The van der Waals surface area contributed by atoms with Crippen molar-refractivity contribution in [2.45, 2.75) is 38.9 Å². The number of nitrogens with zero attached hydrogens (tertiary/aromatic N) is 1. The largest absolute Gasteiger partial charge is 0.427 e. The maximum atomic E-state index is 10.5. The molecule has 1 aromatic heterocycles. The smallest absolute Gasteiger partial charge is 0.309 e. The Kier molecular flexibility index (Phi) is 5.59. The van der Waals surface area contributed by atoms with E-state index in [1.807, 2.05) is 13.8 Å². The van der Waals surface area contributed by atoms with Gasteiger partial charge in [0.05, 0.1) is 27.9 Å². The quantitative estimate of drug-likeness (QED) is 0.324. The maximum Gasteiger partial charge on any atom is 0.309 e. The number of aliphatic hydroxyl groups is 1. The van der Waals surface area contributed by atoms with Crippen LogP contribution in [0.5, 0.6) is 0 Å². The van der Waals surface area contributed by atoms with Gasteiger partial charge in [0.1, 0.15) is 0 Å². The zero-order valence-electron chi connectivity index (χ0n) is 20.2. The fourth-order valence-corrected chi connectivity index (χ4v) is 4.34. The third-order valence-electron chi connectivity index (χ3n) is 7.04. The third kappa shape index (κ3) is 3.94. The first kappa shape index (κ1) is 22.5. The highest BCUT2D eigenvalue weighted by Crippen LogP contribution is 2.35. The van der Waals surface area contributed by atoms with Gasteiger partial charge in [0.25, 0.3) is 0 Å². The summed E-state index contributed by atoms with van der Waals surface area (Å²) in [7, 11) is 0.438. The Balaban J connectivity index is 1.66. The second-order valence-corrected chi connectivity index (χ2v) is 9.95. The molecule has 0 radical (unpaired) electrons. The SMILES string of the molecule is CC(C)(O)C(C)(C)OBc1ccc2c(c1)c1ccccc1n2-c1ccccc1-c1ccccc1. The van der Waals surface area contributed by atoms with Gasteiger partial charge in [-0.15, -0.1) is 0 Å². The van der Waals surface area contributed by atoms with Crippen LogP contribution in [-0.2, 0) is 4.65 Å². The number of fused-ring (bicyclic) bond motifs is 3. The lowest BCUT2D eigenvalue weighted by Crippen LogP contribution is -2.49. The molecule has 0 amide bonds. The zero-order valence-corrected chi connectivity index (χ0v) is 20.2. The van der Waals surface area contributed by atoms with Crippen molar-refractivity contribution >= 4 is 34.8 Å². The first-order chi connectivity index (χ1) is 16.3. The lowest BCUT2D eigenvalue weighted by Gasteiger charge is -2.37. The molecule has 34 heavy (non-hydrogen) atoms. The van der Waals surface area contributed by atoms with E-state index in [-0.39, 0.29) is 0 Å². The van der Waals surface area contributed by atoms with E-state index >= 15 is 0 Å². The molecule has 0 aliphatic rings. The Morgan fingerprint density at radius 1 is 0.706 bits per heavy atom. The minimum absolute atomic E-state index is 0.438. The van der Waals surface area contributed by atoms with Crippen LogP contribution >= 0.6 is 0 Å². The molecule has 0 saturated heterocycles. The molecule has 0 aliphatic carbocycles. The van der Waals surface area contributed by atoms with Gasteiger partial charge in [0.15, 0.2) is 0 Å². The summed E-state index contributed by atoms with van der Waals surface area (Å²) in [6.07, 6.45) is 0. The Bertz CT molecular complexity index is 1460. The summed E-state index contributed by atoms with van der Waals surface area (Å²) in [6, 6.07) is 34.2. The van der Waals surface area contributed by atoms with Crippen LogP contribution in [-0.4, -0.2) is 28.4 Å². The van der Waals surface area contributed by atoms with Gasteiger partial charge in [-0.3, -0.25) is 0 Å². The molecule has 170 valence electrons. The topological polar surface area (TPSA) is 34.4 Å². The third-order valence-corrected chi connectivity index (χ3v) is 7.04. The van der Waals surface area contributed by atoms with Crippen LogP contribution in [0.4, 0.5) is 0 Å². The summed E-state index contributed by atoms with van der Waals surface area (Å²) < 4.78 is 8.51. The number of para-hydroxylation sites is 2. The second kappa shape index (κ2) is 8.46. The summed E-state index contributed by atoms with van der Waals surface area (Å²) in [5, 5.41) is 12.9. The summed E-state index contributed by atoms with van der Waals surface area (Å²) in [6.45, 7) is 7.43. The van der Waals surface area contributed by atoms with Crippen molar-refractivity contribution in [3.63, 3.8) is 0 Å². The van der Waals surface area contributed by atoms with E-state index in [9.17, 15) is 5.11 Å². The Labute approximate surface area is 201 Å². The minimum atomic E-state index is -0.936. The van der Waals surface area contributed by atoms with Crippen molar-refractivity contribution in [3.05, 3.63) is 97.1 Å². The van der Waals surface area contributed by atoms with Crippen LogP contribution in [0.2, 0.25) is 0 Å². The molecule has 1 heterocycles. The molecular weight excluding hydrogens is 417 g/mol. The number of rotatable bonds is 6. The molecular formula is C30H30BNO2. The normalized spacial score (nSPS) is 12.4. The van der Waals surface area contributed by atoms with Crippen LogP contribution in [0.1, 0.15) is 27.7 Å². The number of aromatic nitrogens is 1. The molecule has 4 heteroatoms. The monoisotopic (exact) mass is 447 g/mol. The predicted octanol–water partition coefficient (Wildman–Crippen LogP) is 5.99. The van der Waals surface area contributed by atoms with Gasteiger partial charge >= 0.3 is 7.48 Å². The molecule has 0 bridgehead atoms. The standard InChI is InChI=1S/C30H30BNO2/c1-29(2,33)30(3,4)34-31-22-18-19-28-25(20-22)24-15-9-11-17-27(24)32(28)26-16-10-8-14-23(26)21-12-6-5-7-13-21/h5-20,31,33H,1-4H3. The molecule has 0 fully saturated rings. The minimum Gasteiger partial charge on any atom is -0.427 e. The van der Waals surface area contributed by atoms with Crippen LogP contribution < -0.4 is 5.46 Å². The van der Waals surface area contributed by atoms with Crippen LogP contribution in [0, 0.1) is 0 Å². The molecule has 3 nitrogen and oxygen atoms in total. The van der Waals surface area contributed by atoms with Crippen molar-refractivity contribution in [2.24, 2.45) is 0 Å². The van der Waals surface area contributed by atoms with E-state index < -0.39 is 11.2 Å². The van der Waals surface area contributed by atoms with Gasteiger partial charge in [0.2, 0.25) is 0 Å². The molecule has 5 aromatic rings. The predicted molar refractivity (Wildman–Crippen MR) is 144 cm³/mol. The van der Waals surface area contributed by atoms with Crippen LogP contribution in [0.3, 0.4) is 0 Å². The molecule has 1 N–H and O–H groups in total. The Hall–Kier alpha value is -3.34. The van der Waals surface area contributed by atoms with Gasteiger partial charge in [-0.2, -0.15) is 0 Å². The second-order valence-electron chi connectivity index (χ2n) is 9.95. The van der Waals surface area contributed by atoms with Crippen molar-refractivity contribution in [1.29, 1.82) is 0 Å². The Morgan fingerprint density at radius 2 is 1.35 bits per heavy atom. The maximum absolute atomic E-state index is 10.5. The van der Waals surface area contributed by atoms with E-state index in [1.54, 1.807) is 13.8 Å². The van der Waals surface area contributed by atoms with E-state index in [0.29, 0.717) is 7.48 Å². The van der Waals surface area contributed by atoms with Gasteiger partial charge in [0, 0.05) is 16.3 Å². The van der Waals surface area contributed by atoms with Crippen molar-refractivity contribution in [3.8, 4) is 16.8 Å². The van der Waals surface area contributed by atoms with E-state index in [1.165, 1.54) is 27.4 Å². The highest BCUT2D eigenvalue weighted by atomic mass is 16.5. The van der Waals surface area contributed by atoms with Gasteiger partial charge in [-0.1, -0.05) is 84.3 Å². The first-order valence-electron chi connectivity index (χ1n) is 11.8. The summed E-state index contributed by atoms with van der Waals surface area (Å²) in [4.78, 5) is 0. The molecule has 0 spiro atoms. The molecule has 4 aromatic carbocycles. The summed E-state index contributed by atoms with van der Waals surface area (Å²) in [5.74, 6) is 0. The zero-order chi connectivity index (χ0) is 23.9. The highest BCUT2D eigenvalue weighted by molar-refractivity contribution is 6.47. The van der Waals surface area contributed by atoms with Crippen molar-refractivity contribution in [2.75, 3.05) is 0 Å². The van der Waals surface area contributed by atoms with E-state index in [4.69, 9.17) is 4.65 Å². The molecule has 0 saturated carbocycles. The van der Waals surface area contributed by atoms with Crippen molar-refractivity contribution in [1.82, 2.24) is 4.57 Å². The average Bonchev–Trinajstić information content (AvgIpc) is 3.16. The van der Waals surface area contributed by atoms with E-state index in [2.05, 4.69) is 102 Å². The molecule has 0 aliphatic heterocycles. The van der Waals surface area contributed by atoms with E-state index in [0.717, 1.165) is 16.7 Å². The lowest BCUT2D eigenvalue weighted by molar-refractivity contribution is -0.0893. The Morgan fingerprint density at radius 3 is 2.12 bits per heavy atom. The van der Waals surface area contributed by atoms with Gasteiger partial charge < -0.3 is 14.3 Å². The highest BCUT2D eigenvalue weighted by Gasteiger charge is 2.35. The molecule has 0 unspecified atom stereocenters. The van der Waals surface area contributed by atoms with Crippen molar-refractivity contribution < 1.29 is 9.76 Å². The van der Waals surface area contributed by atoms with Crippen LogP contribution in [0.25, 0.3) is 38.6 Å². The summed E-state index contributed by atoms with van der Waals surface area (Å²) in [5.41, 5.74) is 5.38. The summed E-state index contributed by atoms with van der Waals surface area (Å²) >= 11 is 0. The lowest BCUT2D eigenvalue weighted by atomic mass is 9.82. The number of hydrogen-bond donors (Lipinski definition) is 1. The van der Waals surface area contributed by atoms with Gasteiger partial charge in [-0.05, 0) is 51.5 Å². The molecule has 5 rings (SSSR count). The first-order valence-corrected chi connectivity index (χ1v) is 11.8. The van der Waals surface area contributed by atoms with Gasteiger partial charge in [-0.25, -0.2) is 0 Å².